The van der Waals surface area contributed by atoms with E-state index in [2.05, 4.69) is 45.5 Å². The van der Waals surface area contributed by atoms with Crippen molar-refractivity contribution >= 4 is 0 Å². The molecule has 0 radical (unpaired) electrons. The van der Waals surface area contributed by atoms with Crippen LogP contribution in [-0.4, -0.2) is 44.8 Å². The van der Waals surface area contributed by atoms with Crippen LogP contribution in [0.3, 0.4) is 0 Å². The van der Waals surface area contributed by atoms with E-state index >= 15 is 0 Å². The average Bonchev–Trinajstić information content (AvgIpc) is 2.89. The first-order valence-corrected chi connectivity index (χ1v) is 8.31. The molecule has 3 heterocycles. The van der Waals surface area contributed by atoms with Gasteiger partial charge < -0.3 is 9.88 Å². The van der Waals surface area contributed by atoms with Gasteiger partial charge in [0, 0.05) is 17.3 Å². The number of aromatic nitrogens is 4. The molecule has 124 valence electrons. The largest absolute Gasteiger partial charge is 0.325 e. The first-order chi connectivity index (χ1) is 11.0. The lowest BCUT2D eigenvalue weighted by atomic mass is 10.0. The SMILES string of the molecule is Cc1nc(-c2ccc(=O)[nH]c2C(C)C)n(C2CCN(C)CC2)n1. The van der Waals surface area contributed by atoms with Crippen LogP contribution >= 0.6 is 0 Å². The first kappa shape index (κ1) is 15.9. The number of H-pyrrole nitrogens is 1. The molecule has 6 heteroatoms. The summed E-state index contributed by atoms with van der Waals surface area (Å²) in [5, 5.41) is 4.65. The molecule has 0 aromatic carbocycles. The van der Waals surface area contributed by atoms with Crippen molar-refractivity contribution < 1.29 is 0 Å². The van der Waals surface area contributed by atoms with Gasteiger partial charge in [-0.05, 0) is 51.9 Å². The molecule has 0 atom stereocenters. The van der Waals surface area contributed by atoms with Crippen molar-refractivity contribution in [1.82, 2.24) is 24.6 Å². The number of nitrogens with one attached hydrogen (secondary N) is 1. The highest BCUT2D eigenvalue weighted by atomic mass is 16.1. The molecule has 1 aliphatic rings. The van der Waals surface area contributed by atoms with E-state index in [9.17, 15) is 4.79 Å². The lowest BCUT2D eigenvalue weighted by Gasteiger charge is -2.29. The zero-order valence-corrected chi connectivity index (χ0v) is 14.3. The van der Waals surface area contributed by atoms with Crippen molar-refractivity contribution in [2.45, 2.75) is 45.6 Å². The van der Waals surface area contributed by atoms with E-state index in [4.69, 9.17) is 0 Å². The van der Waals surface area contributed by atoms with Gasteiger partial charge in [-0.25, -0.2) is 9.67 Å². The normalized spacial score (nSPS) is 17.1. The molecule has 2 aromatic rings. The van der Waals surface area contributed by atoms with E-state index in [1.165, 1.54) is 0 Å². The number of nitrogens with zero attached hydrogens (tertiary/aromatic N) is 4. The molecule has 0 aliphatic carbocycles. The summed E-state index contributed by atoms with van der Waals surface area (Å²) in [6, 6.07) is 3.82. The number of aryl methyl sites for hydroxylation is 1. The Morgan fingerprint density at radius 1 is 1.26 bits per heavy atom. The fraction of sp³-hybridized carbons (Fsp3) is 0.588. The zero-order valence-electron chi connectivity index (χ0n) is 14.3. The van der Waals surface area contributed by atoms with Gasteiger partial charge in [-0.15, -0.1) is 0 Å². The molecule has 2 aromatic heterocycles. The van der Waals surface area contributed by atoms with Crippen molar-refractivity contribution in [2.75, 3.05) is 20.1 Å². The maximum absolute atomic E-state index is 11.7. The van der Waals surface area contributed by atoms with Crippen LogP contribution in [0.4, 0.5) is 0 Å². The number of hydrogen-bond donors (Lipinski definition) is 1. The minimum absolute atomic E-state index is 0.0699. The highest BCUT2D eigenvalue weighted by molar-refractivity contribution is 5.59. The highest BCUT2D eigenvalue weighted by Crippen LogP contribution is 2.30. The van der Waals surface area contributed by atoms with Gasteiger partial charge in [0.15, 0.2) is 5.82 Å². The molecular formula is C17H25N5O. The second-order valence-electron chi connectivity index (χ2n) is 6.77. The van der Waals surface area contributed by atoms with E-state index in [1.807, 2.05) is 13.0 Å². The monoisotopic (exact) mass is 315 g/mol. The maximum atomic E-state index is 11.7. The van der Waals surface area contributed by atoms with Crippen LogP contribution in [0, 0.1) is 6.92 Å². The number of pyridine rings is 1. The average molecular weight is 315 g/mol. The fourth-order valence-corrected chi connectivity index (χ4v) is 3.25. The Hall–Kier alpha value is -1.95. The van der Waals surface area contributed by atoms with Gasteiger partial charge in [0.25, 0.3) is 0 Å². The predicted octanol–water partition coefficient (Wildman–Crippen LogP) is 2.33. The van der Waals surface area contributed by atoms with Crippen LogP contribution in [0.25, 0.3) is 11.4 Å². The molecule has 3 rings (SSSR count). The van der Waals surface area contributed by atoms with Gasteiger partial charge >= 0.3 is 0 Å². The van der Waals surface area contributed by atoms with Crippen LogP contribution in [-0.2, 0) is 0 Å². The van der Waals surface area contributed by atoms with Crippen LogP contribution in [0.5, 0.6) is 0 Å². The molecule has 1 fully saturated rings. The van der Waals surface area contributed by atoms with Crippen LogP contribution in [0.15, 0.2) is 16.9 Å². The summed E-state index contributed by atoms with van der Waals surface area (Å²) >= 11 is 0. The summed E-state index contributed by atoms with van der Waals surface area (Å²) in [7, 11) is 2.16. The van der Waals surface area contributed by atoms with Gasteiger partial charge in [-0.1, -0.05) is 13.8 Å². The van der Waals surface area contributed by atoms with Gasteiger partial charge in [0.05, 0.1) is 6.04 Å². The second-order valence-corrected chi connectivity index (χ2v) is 6.77. The first-order valence-electron chi connectivity index (χ1n) is 8.31. The van der Waals surface area contributed by atoms with E-state index in [1.54, 1.807) is 6.07 Å². The Bertz CT molecular complexity index is 738. The number of likely N-dealkylation sites (tertiary alicyclic amines) is 1. The summed E-state index contributed by atoms with van der Waals surface area (Å²) in [5.74, 6) is 1.87. The van der Waals surface area contributed by atoms with Gasteiger partial charge in [-0.2, -0.15) is 5.10 Å². The Morgan fingerprint density at radius 3 is 2.61 bits per heavy atom. The molecular weight excluding hydrogens is 290 g/mol. The third-order valence-corrected chi connectivity index (χ3v) is 4.54. The van der Waals surface area contributed by atoms with Crippen LogP contribution < -0.4 is 5.56 Å². The van der Waals surface area contributed by atoms with Gasteiger partial charge in [0.2, 0.25) is 5.56 Å². The molecule has 1 saturated heterocycles. The molecule has 1 aliphatic heterocycles. The Balaban J connectivity index is 2.06. The fourth-order valence-electron chi connectivity index (χ4n) is 3.25. The van der Waals surface area contributed by atoms with E-state index in [0.717, 1.165) is 48.8 Å². The summed E-state index contributed by atoms with van der Waals surface area (Å²) in [6.45, 7) is 8.24. The Kier molecular flexibility index (Phi) is 4.35. The van der Waals surface area contributed by atoms with E-state index in [0.29, 0.717) is 6.04 Å². The quantitative estimate of drug-likeness (QED) is 0.944. The molecule has 1 N–H and O–H groups in total. The molecule has 0 bridgehead atoms. The minimum atomic E-state index is -0.0699. The summed E-state index contributed by atoms with van der Waals surface area (Å²) < 4.78 is 2.07. The number of piperidine rings is 1. The lowest BCUT2D eigenvalue weighted by molar-refractivity contribution is 0.213. The molecule has 0 spiro atoms. The Morgan fingerprint density at radius 2 is 1.96 bits per heavy atom. The molecule has 0 unspecified atom stereocenters. The van der Waals surface area contributed by atoms with Crippen molar-refractivity contribution in [1.29, 1.82) is 0 Å². The molecule has 6 nitrogen and oxygen atoms in total. The third-order valence-electron chi connectivity index (χ3n) is 4.54. The number of aromatic amines is 1. The van der Waals surface area contributed by atoms with Crippen LogP contribution in [0.2, 0.25) is 0 Å². The minimum Gasteiger partial charge on any atom is -0.325 e. The zero-order chi connectivity index (χ0) is 16.6. The number of hydrogen-bond acceptors (Lipinski definition) is 4. The van der Waals surface area contributed by atoms with Gasteiger partial charge in [-0.3, -0.25) is 4.79 Å². The van der Waals surface area contributed by atoms with E-state index < -0.39 is 0 Å². The topological polar surface area (TPSA) is 66.8 Å². The van der Waals surface area contributed by atoms with Crippen molar-refractivity contribution in [3.63, 3.8) is 0 Å². The second kappa shape index (κ2) is 6.28. The van der Waals surface area contributed by atoms with Crippen LogP contribution in [0.1, 0.15) is 50.2 Å². The smallest absolute Gasteiger partial charge is 0.248 e. The summed E-state index contributed by atoms with van der Waals surface area (Å²) in [6.07, 6.45) is 2.15. The lowest BCUT2D eigenvalue weighted by Crippen LogP contribution is -2.32. The predicted molar refractivity (Wildman–Crippen MR) is 90.7 cm³/mol. The molecule has 23 heavy (non-hydrogen) atoms. The van der Waals surface area contributed by atoms with E-state index in [-0.39, 0.29) is 11.5 Å². The maximum Gasteiger partial charge on any atom is 0.248 e. The highest BCUT2D eigenvalue weighted by Gasteiger charge is 2.24. The number of rotatable bonds is 3. The Labute approximate surface area is 136 Å². The third kappa shape index (κ3) is 3.22. The van der Waals surface area contributed by atoms with Crippen molar-refractivity contribution in [3.05, 3.63) is 34.0 Å². The van der Waals surface area contributed by atoms with Gasteiger partial charge in [0.1, 0.15) is 5.82 Å². The summed E-state index contributed by atoms with van der Waals surface area (Å²) in [5.41, 5.74) is 1.85. The van der Waals surface area contributed by atoms with Crippen molar-refractivity contribution in [2.24, 2.45) is 0 Å². The molecule has 0 amide bonds. The van der Waals surface area contributed by atoms with Crippen molar-refractivity contribution in [3.8, 4) is 11.4 Å². The standard InChI is InChI=1S/C17H25N5O/c1-11(2)16-14(5-6-15(23)19-16)17-18-12(3)20-22(17)13-7-9-21(4)10-8-13/h5-6,11,13H,7-10H2,1-4H3,(H,19,23). The summed E-state index contributed by atoms with van der Waals surface area (Å²) in [4.78, 5) is 21.7. The molecule has 0 saturated carbocycles.